The molecule has 2 aromatic carbocycles. The van der Waals surface area contributed by atoms with E-state index < -0.39 is 21.3 Å². The van der Waals surface area contributed by atoms with Crippen molar-refractivity contribution in [3.8, 4) is 5.75 Å². The highest BCUT2D eigenvalue weighted by molar-refractivity contribution is 7.86. The number of para-hydroxylation sites is 1. The van der Waals surface area contributed by atoms with E-state index in [0.717, 1.165) is 23.6 Å². The Balaban J connectivity index is 1.66. The zero-order chi connectivity index (χ0) is 19.4. The Kier molecular flexibility index (Phi) is 5.48. The Hall–Kier alpha value is -2.84. The summed E-state index contributed by atoms with van der Waals surface area (Å²) < 4.78 is 42.3. The minimum atomic E-state index is -4.63. The van der Waals surface area contributed by atoms with Gasteiger partial charge in [0.25, 0.3) is 10.1 Å². The van der Waals surface area contributed by atoms with Crippen LogP contribution in [0.15, 0.2) is 54.7 Å². The number of nitrogens with one attached hydrogen (secondary N) is 1. The minimum Gasteiger partial charge on any atom is -0.493 e. The van der Waals surface area contributed by atoms with Crippen molar-refractivity contribution >= 4 is 27.0 Å². The molecule has 142 valence electrons. The normalized spacial score (nSPS) is 12.7. The number of carbonyl (C=O) groups is 1. The van der Waals surface area contributed by atoms with Crippen LogP contribution in [0.2, 0.25) is 0 Å². The fourth-order valence-corrected chi connectivity index (χ4v) is 3.73. The van der Waals surface area contributed by atoms with Gasteiger partial charge in [-0.2, -0.15) is 8.42 Å². The van der Waals surface area contributed by atoms with Gasteiger partial charge < -0.3 is 14.5 Å². The summed E-state index contributed by atoms with van der Waals surface area (Å²) in [6, 6.07) is 13.9. The van der Waals surface area contributed by atoms with Crippen LogP contribution in [-0.2, 0) is 26.1 Å². The highest BCUT2D eigenvalue weighted by atomic mass is 32.2. The van der Waals surface area contributed by atoms with Crippen LogP contribution in [0, 0.1) is 0 Å². The first-order valence-corrected chi connectivity index (χ1v) is 9.72. The summed E-state index contributed by atoms with van der Waals surface area (Å²) in [7, 11) is -3.57. The Morgan fingerprint density at radius 1 is 1.15 bits per heavy atom. The third kappa shape index (κ3) is 4.29. The van der Waals surface area contributed by atoms with Gasteiger partial charge in [0.05, 0.1) is 13.7 Å². The lowest BCUT2D eigenvalue weighted by Gasteiger charge is -2.13. The van der Waals surface area contributed by atoms with E-state index in [9.17, 15) is 17.8 Å². The number of esters is 1. The smallest absolute Gasteiger partial charge is 0.331 e. The number of aromatic nitrogens is 1. The van der Waals surface area contributed by atoms with Crippen molar-refractivity contribution < 1.29 is 27.2 Å². The number of benzene rings is 2. The molecule has 0 amide bonds. The van der Waals surface area contributed by atoms with Crippen LogP contribution >= 0.6 is 0 Å². The molecule has 8 heteroatoms. The Morgan fingerprint density at radius 2 is 1.85 bits per heavy atom. The number of hydrogen-bond acceptors (Lipinski definition) is 5. The largest absolute Gasteiger partial charge is 0.493 e. The van der Waals surface area contributed by atoms with E-state index in [1.165, 1.54) is 12.1 Å². The van der Waals surface area contributed by atoms with Gasteiger partial charge in [-0.1, -0.05) is 30.3 Å². The van der Waals surface area contributed by atoms with Gasteiger partial charge in [0.1, 0.15) is 5.75 Å². The van der Waals surface area contributed by atoms with Crippen LogP contribution in [0.25, 0.3) is 10.9 Å². The fourth-order valence-electron chi connectivity index (χ4n) is 2.89. The van der Waals surface area contributed by atoms with Gasteiger partial charge in [-0.05, 0) is 29.3 Å². The first kappa shape index (κ1) is 18.9. The number of carbonyl (C=O) groups excluding carboxylic acids is 1. The molecule has 0 spiro atoms. The fraction of sp³-hybridized carbons (Fsp3) is 0.211. The Labute approximate surface area is 156 Å². The van der Waals surface area contributed by atoms with Gasteiger partial charge in [0.2, 0.25) is 5.25 Å². The molecule has 0 saturated heterocycles. The van der Waals surface area contributed by atoms with E-state index in [1.807, 2.05) is 30.5 Å². The molecule has 27 heavy (non-hydrogen) atoms. The average Bonchev–Trinajstić information content (AvgIpc) is 3.05. The van der Waals surface area contributed by atoms with Crippen molar-refractivity contribution in [1.82, 2.24) is 4.98 Å². The van der Waals surface area contributed by atoms with Crippen LogP contribution in [0.4, 0.5) is 0 Å². The van der Waals surface area contributed by atoms with Crippen molar-refractivity contribution in [2.24, 2.45) is 0 Å². The second-order valence-electron chi connectivity index (χ2n) is 5.95. The summed E-state index contributed by atoms with van der Waals surface area (Å²) in [5, 5.41) is -0.631. The second-order valence-corrected chi connectivity index (χ2v) is 7.45. The predicted octanol–water partition coefficient (Wildman–Crippen LogP) is 2.89. The van der Waals surface area contributed by atoms with Crippen LogP contribution in [0.1, 0.15) is 16.4 Å². The van der Waals surface area contributed by atoms with Crippen molar-refractivity contribution in [3.63, 3.8) is 0 Å². The van der Waals surface area contributed by atoms with Crippen LogP contribution in [-0.4, -0.2) is 37.6 Å². The molecule has 1 atom stereocenters. The van der Waals surface area contributed by atoms with Gasteiger partial charge in [0.15, 0.2) is 0 Å². The van der Waals surface area contributed by atoms with E-state index in [1.54, 1.807) is 12.1 Å². The first-order chi connectivity index (χ1) is 12.9. The van der Waals surface area contributed by atoms with Gasteiger partial charge in [-0.15, -0.1) is 0 Å². The van der Waals surface area contributed by atoms with E-state index in [-0.39, 0.29) is 5.56 Å². The molecule has 1 heterocycles. The molecule has 0 radical (unpaired) electrons. The topological polar surface area (TPSA) is 106 Å². The summed E-state index contributed by atoms with van der Waals surface area (Å²) in [4.78, 5) is 14.9. The van der Waals surface area contributed by atoms with Gasteiger partial charge in [-0.3, -0.25) is 9.35 Å². The average molecular weight is 389 g/mol. The Morgan fingerprint density at radius 3 is 2.52 bits per heavy atom. The summed E-state index contributed by atoms with van der Waals surface area (Å²) in [5.41, 5.74) is 2.31. The molecule has 2 N–H and O–H groups in total. The Bertz CT molecular complexity index is 1040. The number of aromatic amines is 1. The number of H-pyrrole nitrogens is 1. The van der Waals surface area contributed by atoms with Gasteiger partial charge >= 0.3 is 5.97 Å². The summed E-state index contributed by atoms with van der Waals surface area (Å²) in [6.45, 7) is 0.430. The first-order valence-electron chi connectivity index (χ1n) is 8.22. The van der Waals surface area contributed by atoms with E-state index in [0.29, 0.717) is 18.8 Å². The SMILES string of the molecule is COC(=O)C(c1ccc(OCCc2c[nH]c3ccccc23)cc1)S(=O)(=O)O. The number of methoxy groups -OCH3 is 1. The zero-order valence-electron chi connectivity index (χ0n) is 14.6. The lowest BCUT2D eigenvalue weighted by molar-refractivity contribution is -0.140. The predicted molar refractivity (Wildman–Crippen MR) is 100 cm³/mol. The third-order valence-corrected chi connectivity index (χ3v) is 5.27. The highest BCUT2D eigenvalue weighted by Crippen LogP contribution is 2.25. The zero-order valence-corrected chi connectivity index (χ0v) is 15.4. The standard InChI is InChI=1S/C19H19NO6S/c1-25-19(21)18(27(22,23)24)13-6-8-15(9-7-13)26-11-10-14-12-20-17-5-3-2-4-16(14)17/h2-9,12,18,20H,10-11H2,1H3,(H,22,23,24). The molecule has 0 aliphatic carbocycles. The number of fused-ring (bicyclic) bond motifs is 1. The van der Waals surface area contributed by atoms with Gasteiger partial charge in [0, 0.05) is 23.5 Å². The van der Waals surface area contributed by atoms with E-state index in [2.05, 4.69) is 9.72 Å². The van der Waals surface area contributed by atoms with Crippen molar-refractivity contribution in [3.05, 3.63) is 65.9 Å². The van der Waals surface area contributed by atoms with Crippen LogP contribution in [0.5, 0.6) is 5.75 Å². The number of hydrogen-bond donors (Lipinski definition) is 2. The van der Waals surface area contributed by atoms with Crippen molar-refractivity contribution in [2.75, 3.05) is 13.7 Å². The maximum absolute atomic E-state index is 11.7. The number of rotatable bonds is 7. The quantitative estimate of drug-likeness (QED) is 0.475. The molecule has 0 aliphatic rings. The van der Waals surface area contributed by atoms with E-state index >= 15 is 0 Å². The summed E-state index contributed by atoms with van der Waals surface area (Å²) in [6.07, 6.45) is 2.64. The molecule has 0 fully saturated rings. The highest BCUT2D eigenvalue weighted by Gasteiger charge is 2.33. The lowest BCUT2D eigenvalue weighted by atomic mass is 10.1. The molecular formula is C19H19NO6S. The molecule has 3 aromatic rings. The van der Waals surface area contributed by atoms with Gasteiger partial charge in [-0.25, -0.2) is 0 Å². The molecule has 1 aromatic heterocycles. The van der Waals surface area contributed by atoms with Crippen molar-refractivity contribution in [1.29, 1.82) is 0 Å². The monoisotopic (exact) mass is 389 g/mol. The maximum Gasteiger partial charge on any atom is 0.331 e. The molecule has 0 bridgehead atoms. The molecule has 0 saturated carbocycles. The lowest BCUT2D eigenvalue weighted by Crippen LogP contribution is -2.22. The second kappa shape index (κ2) is 7.81. The van der Waals surface area contributed by atoms with E-state index in [4.69, 9.17) is 4.74 Å². The summed E-state index contributed by atoms with van der Waals surface area (Å²) >= 11 is 0. The maximum atomic E-state index is 11.7. The molecule has 7 nitrogen and oxygen atoms in total. The molecule has 3 rings (SSSR count). The van der Waals surface area contributed by atoms with Crippen molar-refractivity contribution in [2.45, 2.75) is 11.7 Å². The minimum absolute atomic E-state index is 0.105. The van der Waals surface area contributed by atoms with Crippen LogP contribution < -0.4 is 4.74 Å². The molecule has 1 unspecified atom stereocenters. The molecule has 0 aliphatic heterocycles. The summed E-state index contributed by atoms with van der Waals surface area (Å²) in [5.74, 6) is -0.525. The molecular weight excluding hydrogens is 370 g/mol. The van der Waals surface area contributed by atoms with Crippen LogP contribution in [0.3, 0.4) is 0 Å². The number of ether oxygens (including phenoxy) is 2. The third-order valence-electron chi connectivity index (χ3n) is 4.21.